The van der Waals surface area contributed by atoms with Crippen molar-refractivity contribution in [3.05, 3.63) is 113 Å². The summed E-state index contributed by atoms with van der Waals surface area (Å²) in [6.07, 6.45) is 13.7. The van der Waals surface area contributed by atoms with Gasteiger partial charge in [0, 0.05) is 82.7 Å². The van der Waals surface area contributed by atoms with Gasteiger partial charge in [0.05, 0.1) is 22.8 Å². The van der Waals surface area contributed by atoms with E-state index < -0.39 is 0 Å². The van der Waals surface area contributed by atoms with Crippen LogP contribution in [0.2, 0.25) is 0 Å². The maximum atomic E-state index is 11.7. The molecule has 1 aliphatic carbocycles. The molecule has 0 spiro atoms. The predicted octanol–water partition coefficient (Wildman–Crippen LogP) is 4.41. The van der Waals surface area contributed by atoms with Crippen LogP contribution in [0.25, 0.3) is 33.7 Å². The van der Waals surface area contributed by atoms with Gasteiger partial charge in [-0.15, -0.1) is 0 Å². The molecule has 158 valence electrons. The molecule has 0 aromatic carbocycles. The molecule has 5 rings (SSSR count). The van der Waals surface area contributed by atoms with Gasteiger partial charge in [-0.05, 0) is 24.3 Å². The van der Waals surface area contributed by atoms with Gasteiger partial charge in [0.25, 0.3) is 0 Å². The first-order valence-corrected chi connectivity index (χ1v) is 10.2. The summed E-state index contributed by atoms with van der Waals surface area (Å²) in [5.41, 5.74) is 5.75. The number of hydrogen-bond acceptors (Lipinski definition) is 6. The van der Waals surface area contributed by atoms with E-state index in [-0.39, 0.29) is 16.9 Å². The van der Waals surface area contributed by atoms with E-state index in [1.54, 1.807) is 37.2 Å². The molecule has 0 unspecified atom stereocenters. The van der Waals surface area contributed by atoms with E-state index in [2.05, 4.69) is 19.9 Å². The van der Waals surface area contributed by atoms with Gasteiger partial charge in [0.15, 0.2) is 5.43 Å². The number of nitrogens with zero attached hydrogens (tertiary/aromatic N) is 3. The Morgan fingerprint density at radius 1 is 0.727 bits per heavy atom. The molecule has 4 aromatic heterocycles. The molecular formula is C26H18N6O. The molecule has 33 heavy (non-hydrogen) atoms. The number of hydrogen-bond donors (Lipinski definition) is 3. The van der Waals surface area contributed by atoms with Crippen molar-refractivity contribution in [2.45, 2.75) is 0 Å². The average molecular weight is 430 g/mol. The van der Waals surface area contributed by atoms with Gasteiger partial charge in [0.2, 0.25) is 0 Å². The normalized spacial score (nSPS) is 13.5. The van der Waals surface area contributed by atoms with E-state index in [1.807, 2.05) is 42.5 Å². The minimum Gasteiger partial charge on any atom is -0.361 e. The lowest BCUT2D eigenvalue weighted by Gasteiger charge is -2.18. The number of allylic oxidation sites excluding steroid dienone is 4. The van der Waals surface area contributed by atoms with Crippen molar-refractivity contribution in [2.75, 3.05) is 0 Å². The summed E-state index contributed by atoms with van der Waals surface area (Å²) in [5, 5.41) is 17.3. The van der Waals surface area contributed by atoms with Crippen molar-refractivity contribution < 1.29 is 0 Å². The van der Waals surface area contributed by atoms with Crippen molar-refractivity contribution in [3.8, 4) is 22.5 Å². The quantitative estimate of drug-likeness (QED) is 0.415. The van der Waals surface area contributed by atoms with Gasteiger partial charge in [-0.2, -0.15) is 0 Å². The smallest absolute Gasteiger partial charge is 0.182 e. The fourth-order valence-electron chi connectivity index (χ4n) is 3.69. The van der Waals surface area contributed by atoms with Crippen LogP contribution < -0.4 is 5.43 Å². The second-order valence-corrected chi connectivity index (χ2v) is 7.49. The highest BCUT2D eigenvalue weighted by Crippen LogP contribution is 2.30. The second kappa shape index (κ2) is 8.39. The highest BCUT2D eigenvalue weighted by molar-refractivity contribution is 6.68. The van der Waals surface area contributed by atoms with Crippen LogP contribution in [-0.4, -0.2) is 31.4 Å². The van der Waals surface area contributed by atoms with E-state index in [4.69, 9.17) is 10.8 Å². The van der Waals surface area contributed by atoms with E-state index in [0.717, 1.165) is 22.4 Å². The van der Waals surface area contributed by atoms with Crippen LogP contribution in [0.3, 0.4) is 0 Å². The fraction of sp³-hybridized carbons (Fsp3) is 0. The van der Waals surface area contributed by atoms with Crippen LogP contribution in [0.4, 0.5) is 0 Å². The first-order chi connectivity index (χ1) is 16.1. The Balaban J connectivity index is 1.52. The molecule has 3 N–H and O–H groups in total. The molecule has 0 radical (unpaired) electrons. The molecule has 0 bridgehead atoms. The third kappa shape index (κ3) is 3.95. The second-order valence-electron chi connectivity index (χ2n) is 7.49. The first-order valence-electron chi connectivity index (χ1n) is 10.2. The lowest BCUT2D eigenvalue weighted by Crippen LogP contribution is -2.19. The molecule has 0 fully saturated rings. The summed E-state index contributed by atoms with van der Waals surface area (Å²) >= 11 is 0. The van der Waals surface area contributed by atoms with Crippen LogP contribution >= 0.6 is 0 Å². The number of pyridine rings is 4. The van der Waals surface area contributed by atoms with Gasteiger partial charge in [-0.3, -0.25) is 30.6 Å². The Bertz CT molecular complexity index is 1520. The predicted molar refractivity (Wildman–Crippen MR) is 129 cm³/mol. The minimum atomic E-state index is -0.102. The summed E-state index contributed by atoms with van der Waals surface area (Å²) in [7, 11) is 0. The van der Waals surface area contributed by atoms with Crippen LogP contribution in [0, 0.1) is 10.8 Å². The number of aromatic nitrogens is 4. The molecule has 4 aromatic rings. The zero-order chi connectivity index (χ0) is 22.8. The Morgan fingerprint density at radius 3 is 2.00 bits per heavy atom. The molecule has 1 aliphatic rings. The number of aromatic amines is 1. The average Bonchev–Trinajstić information content (AvgIpc) is 2.86. The lowest BCUT2D eigenvalue weighted by atomic mass is 9.87. The summed E-state index contributed by atoms with van der Waals surface area (Å²) in [5.74, 6) is 0. The van der Waals surface area contributed by atoms with Gasteiger partial charge < -0.3 is 4.98 Å². The zero-order valence-corrected chi connectivity index (χ0v) is 17.4. The van der Waals surface area contributed by atoms with Crippen molar-refractivity contribution in [1.29, 1.82) is 10.8 Å². The molecule has 7 nitrogen and oxygen atoms in total. The van der Waals surface area contributed by atoms with Crippen molar-refractivity contribution in [3.63, 3.8) is 0 Å². The SMILES string of the molecule is N=C1C(=N)C(c2cncc(-c3cc(=O)cc[nH]3)c2)=CC=C1c1cncc(-c2ccccn2)c1. The molecule has 0 atom stereocenters. The van der Waals surface area contributed by atoms with E-state index in [1.165, 1.54) is 12.1 Å². The summed E-state index contributed by atoms with van der Waals surface area (Å²) in [6.45, 7) is 0. The summed E-state index contributed by atoms with van der Waals surface area (Å²) in [4.78, 5) is 27.7. The van der Waals surface area contributed by atoms with Crippen LogP contribution in [0.5, 0.6) is 0 Å². The number of rotatable bonds is 4. The molecule has 0 saturated carbocycles. The van der Waals surface area contributed by atoms with Crippen molar-refractivity contribution in [1.82, 2.24) is 19.9 Å². The Kier molecular flexibility index (Phi) is 5.12. The van der Waals surface area contributed by atoms with Crippen LogP contribution in [0.1, 0.15) is 11.1 Å². The van der Waals surface area contributed by atoms with E-state index >= 15 is 0 Å². The molecule has 0 amide bonds. The highest BCUT2D eigenvalue weighted by atomic mass is 16.1. The Hall–Kier alpha value is -4.78. The largest absolute Gasteiger partial charge is 0.361 e. The number of nitrogens with one attached hydrogen (secondary N) is 3. The third-order valence-corrected chi connectivity index (χ3v) is 5.35. The Labute approximate surface area is 189 Å². The van der Waals surface area contributed by atoms with Crippen molar-refractivity contribution in [2.24, 2.45) is 0 Å². The highest BCUT2D eigenvalue weighted by Gasteiger charge is 2.22. The standard InChI is InChI=1S/C26H18N6O/c27-25-21(16-9-18(14-29-12-16)23-3-1-2-7-31-23)4-5-22(26(25)28)17-10-19(15-30-13-17)24-11-20(33)6-8-32-24/h1-15,27-28H,(H,32,33). The van der Waals surface area contributed by atoms with E-state index in [0.29, 0.717) is 22.4 Å². The molecule has 0 aliphatic heterocycles. The van der Waals surface area contributed by atoms with Gasteiger partial charge in [-0.1, -0.05) is 18.2 Å². The maximum absolute atomic E-state index is 11.7. The number of H-pyrrole nitrogens is 1. The topological polar surface area (TPSA) is 119 Å². The first kappa shape index (κ1) is 20.1. The van der Waals surface area contributed by atoms with Crippen LogP contribution in [0.15, 0.2) is 96.6 Å². The minimum absolute atomic E-state index is 0.0937. The van der Waals surface area contributed by atoms with E-state index in [9.17, 15) is 4.79 Å². The zero-order valence-electron chi connectivity index (χ0n) is 17.4. The van der Waals surface area contributed by atoms with Crippen LogP contribution in [-0.2, 0) is 0 Å². The summed E-state index contributed by atoms with van der Waals surface area (Å²) < 4.78 is 0. The third-order valence-electron chi connectivity index (χ3n) is 5.35. The van der Waals surface area contributed by atoms with Gasteiger partial charge in [0.1, 0.15) is 0 Å². The molecule has 0 saturated heterocycles. The monoisotopic (exact) mass is 430 g/mol. The molecule has 4 heterocycles. The fourth-order valence-corrected chi connectivity index (χ4v) is 3.69. The van der Waals surface area contributed by atoms with Crippen molar-refractivity contribution >= 4 is 22.6 Å². The maximum Gasteiger partial charge on any atom is 0.182 e. The Morgan fingerprint density at radius 2 is 1.36 bits per heavy atom. The molecular weight excluding hydrogens is 412 g/mol. The summed E-state index contributed by atoms with van der Waals surface area (Å²) in [6, 6.07) is 12.4. The molecule has 7 heteroatoms. The van der Waals surface area contributed by atoms with Gasteiger partial charge >= 0.3 is 0 Å². The lowest BCUT2D eigenvalue weighted by molar-refractivity contribution is 1.26. The van der Waals surface area contributed by atoms with Gasteiger partial charge in [-0.25, -0.2) is 0 Å².